The van der Waals surface area contributed by atoms with Crippen molar-refractivity contribution < 1.29 is 19.2 Å². The van der Waals surface area contributed by atoms with Gasteiger partial charge in [-0.15, -0.1) is 0 Å². The highest BCUT2D eigenvalue weighted by Crippen LogP contribution is 2.47. The van der Waals surface area contributed by atoms with Crippen LogP contribution in [0.2, 0.25) is 10.0 Å². The van der Waals surface area contributed by atoms with Gasteiger partial charge < -0.3 is 16.0 Å². The zero-order valence-corrected chi connectivity index (χ0v) is 28.0. The van der Waals surface area contributed by atoms with E-state index in [2.05, 4.69) is 32.0 Å². The van der Waals surface area contributed by atoms with Gasteiger partial charge in [-0.05, 0) is 80.6 Å². The van der Waals surface area contributed by atoms with Crippen molar-refractivity contribution >= 4 is 58.5 Å². The van der Waals surface area contributed by atoms with Crippen LogP contribution >= 0.6 is 23.2 Å². The molecule has 0 bridgehead atoms. The lowest BCUT2D eigenvalue weighted by Gasteiger charge is -2.27. The number of benzene rings is 2. The number of hydrogen-bond acceptors (Lipinski definition) is 7. The Labute approximate surface area is 291 Å². The molecule has 3 N–H and O–H groups in total. The number of pyridine rings is 1. The van der Waals surface area contributed by atoms with Gasteiger partial charge in [0.05, 0.1) is 40.3 Å². The predicted molar refractivity (Wildman–Crippen MR) is 180 cm³/mol. The van der Waals surface area contributed by atoms with Crippen molar-refractivity contribution in [2.24, 2.45) is 0 Å². The van der Waals surface area contributed by atoms with Crippen molar-refractivity contribution in [2.45, 2.75) is 55.6 Å². The minimum atomic E-state index is -1.33. The van der Waals surface area contributed by atoms with E-state index < -0.39 is 22.5 Å². The van der Waals surface area contributed by atoms with Gasteiger partial charge >= 0.3 is 0 Å². The van der Waals surface area contributed by atoms with Crippen LogP contribution in [0.1, 0.15) is 70.3 Å². The van der Waals surface area contributed by atoms with Crippen LogP contribution in [0.25, 0.3) is 0 Å². The number of halogens is 2. The largest absolute Gasteiger partial charge is 0.355 e. The summed E-state index contributed by atoms with van der Waals surface area (Å²) in [5.74, 6) is -1.32. The molecule has 1 atom stereocenters. The standard InChI is InChI=1S/C35H30Cl2N8O4/c1-33(16-20-3-5-21(17-38)6-4-20)31(49)44(25-14-23(36)13-24(37)15-25)32-41-19-26(45(32)33)29(47)42-35(11-12-35)30(48)43-34(9-10-34)27-8-7-22(18-40-27)28(46)39-2/h3-8,13-15,18-19H,9-12,16H2,1-2H3,(H,39,46)(H,42,47)(H,43,48)/t33-/m1/s1. The predicted octanol–water partition coefficient (Wildman–Crippen LogP) is 4.52. The second-order valence-electron chi connectivity index (χ2n) is 12.9. The minimum absolute atomic E-state index is 0.0989. The lowest BCUT2D eigenvalue weighted by atomic mass is 9.91. The maximum Gasteiger partial charge on any atom is 0.270 e. The van der Waals surface area contributed by atoms with E-state index in [0.29, 0.717) is 58.2 Å². The molecular weight excluding hydrogens is 667 g/mol. The van der Waals surface area contributed by atoms with Crippen LogP contribution in [0.4, 0.5) is 11.6 Å². The number of amides is 4. The lowest BCUT2D eigenvalue weighted by Crippen LogP contribution is -2.52. The molecule has 0 spiro atoms. The number of imidazole rings is 1. The molecule has 3 heterocycles. The average molecular weight is 698 g/mol. The van der Waals surface area contributed by atoms with Gasteiger partial charge in [-0.1, -0.05) is 35.3 Å². The smallest absolute Gasteiger partial charge is 0.270 e. The maximum atomic E-state index is 14.4. The molecule has 1 aliphatic heterocycles. The molecule has 0 unspecified atom stereocenters. The summed E-state index contributed by atoms with van der Waals surface area (Å²) < 4.78 is 1.59. The Kier molecular flexibility index (Phi) is 7.72. The van der Waals surface area contributed by atoms with Crippen LogP contribution in [-0.4, -0.2) is 50.8 Å². The van der Waals surface area contributed by atoms with E-state index in [1.165, 1.54) is 17.3 Å². The van der Waals surface area contributed by atoms with Crippen molar-refractivity contribution in [3.8, 4) is 6.07 Å². The summed E-state index contributed by atoms with van der Waals surface area (Å²) in [7, 11) is 1.54. The number of nitrogens with one attached hydrogen (secondary N) is 3. The molecule has 2 aromatic heterocycles. The van der Waals surface area contributed by atoms with Gasteiger partial charge in [0, 0.05) is 29.7 Å². The molecule has 2 aliphatic carbocycles. The Balaban J connectivity index is 1.18. The molecule has 4 amide bonds. The number of carbonyl (C=O) groups excluding carboxylic acids is 4. The Morgan fingerprint density at radius 2 is 1.61 bits per heavy atom. The summed E-state index contributed by atoms with van der Waals surface area (Å²) in [5, 5.41) is 18.5. The Hall–Kier alpha value is -5.25. The first-order chi connectivity index (χ1) is 23.4. The molecule has 3 aliphatic rings. The Morgan fingerprint density at radius 3 is 2.18 bits per heavy atom. The van der Waals surface area contributed by atoms with E-state index in [1.54, 1.807) is 73.1 Å². The first-order valence-corrected chi connectivity index (χ1v) is 16.4. The number of nitriles is 1. The molecule has 0 saturated heterocycles. The fourth-order valence-electron chi connectivity index (χ4n) is 6.40. The summed E-state index contributed by atoms with van der Waals surface area (Å²) in [5.41, 5.74) is -0.384. The third-order valence-electron chi connectivity index (χ3n) is 9.45. The lowest BCUT2D eigenvalue weighted by molar-refractivity contribution is -0.125. The highest BCUT2D eigenvalue weighted by Gasteiger charge is 2.57. The highest BCUT2D eigenvalue weighted by atomic mass is 35.5. The van der Waals surface area contributed by atoms with Crippen LogP contribution in [0.5, 0.6) is 0 Å². The van der Waals surface area contributed by atoms with Crippen molar-refractivity contribution in [2.75, 3.05) is 11.9 Å². The van der Waals surface area contributed by atoms with E-state index in [4.69, 9.17) is 23.2 Å². The van der Waals surface area contributed by atoms with E-state index in [9.17, 15) is 24.4 Å². The summed E-state index contributed by atoms with van der Waals surface area (Å²) in [6.45, 7) is 1.72. The average Bonchev–Trinajstić information content (AvgIpc) is 3.99. The molecule has 4 aromatic rings. The summed E-state index contributed by atoms with van der Waals surface area (Å²) >= 11 is 12.6. The fourth-order valence-corrected chi connectivity index (χ4v) is 6.92. The summed E-state index contributed by atoms with van der Waals surface area (Å²) in [6.07, 6.45) is 5.24. The molecule has 12 nitrogen and oxygen atoms in total. The van der Waals surface area contributed by atoms with Crippen molar-refractivity contribution in [1.29, 1.82) is 5.26 Å². The first kappa shape index (κ1) is 32.3. The van der Waals surface area contributed by atoms with Gasteiger partial charge in [0.2, 0.25) is 11.9 Å². The molecule has 14 heteroatoms. The zero-order valence-electron chi connectivity index (χ0n) is 26.5. The van der Waals surface area contributed by atoms with Crippen molar-refractivity contribution in [3.05, 3.63) is 105 Å². The molecule has 248 valence electrons. The molecule has 7 rings (SSSR count). The van der Waals surface area contributed by atoms with Gasteiger partial charge in [-0.2, -0.15) is 5.26 Å². The van der Waals surface area contributed by atoms with Crippen LogP contribution in [-0.2, 0) is 27.1 Å². The molecule has 49 heavy (non-hydrogen) atoms. The van der Waals surface area contributed by atoms with Gasteiger partial charge in [0.15, 0.2) is 0 Å². The van der Waals surface area contributed by atoms with Gasteiger partial charge in [0.1, 0.15) is 16.8 Å². The topological polar surface area (TPSA) is 162 Å². The van der Waals surface area contributed by atoms with E-state index >= 15 is 0 Å². The zero-order chi connectivity index (χ0) is 34.7. The molecule has 0 radical (unpaired) electrons. The number of carbonyl (C=O) groups is 4. The van der Waals surface area contributed by atoms with Crippen LogP contribution in [0, 0.1) is 11.3 Å². The number of nitrogens with zero attached hydrogens (tertiary/aromatic N) is 5. The number of anilines is 2. The van der Waals surface area contributed by atoms with E-state index in [-0.39, 0.29) is 35.8 Å². The summed E-state index contributed by atoms with van der Waals surface area (Å²) in [4.78, 5) is 64.5. The minimum Gasteiger partial charge on any atom is -0.355 e. The SMILES string of the molecule is CNC(=O)c1ccc(C2(NC(=O)C3(NC(=O)c4cnc5n4[C@](C)(Cc4ccc(C#N)cc4)C(=O)N5c4cc(Cl)cc(Cl)c4)CC3)CC2)nc1. The quantitative estimate of drug-likeness (QED) is 0.232. The normalized spacial score (nSPS) is 19.4. The number of rotatable bonds is 9. The molecule has 2 saturated carbocycles. The van der Waals surface area contributed by atoms with Crippen molar-refractivity contribution in [3.63, 3.8) is 0 Å². The maximum absolute atomic E-state index is 14.4. The highest BCUT2D eigenvalue weighted by molar-refractivity contribution is 6.35. The third-order valence-corrected chi connectivity index (χ3v) is 9.89. The van der Waals surface area contributed by atoms with Gasteiger partial charge in [-0.25, -0.2) is 9.88 Å². The molecule has 2 fully saturated rings. The number of aromatic nitrogens is 3. The number of fused-ring (bicyclic) bond motifs is 1. The Morgan fingerprint density at radius 1 is 0.918 bits per heavy atom. The van der Waals surface area contributed by atoms with Crippen LogP contribution in [0.15, 0.2) is 67.0 Å². The number of hydrogen-bond donors (Lipinski definition) is 3. The van der Waals surface area contributed by atoms with Crippen LogP contribution < -0.4 is 20.9 Å². The molecular formula is C35H30Cl2N8O4. The third kappa shape index (κ3) is 5.58. The van der Waals surface area contributed by atoms with Gasteiger partial charge in [-0.3, -0.25) is 28.7 Å². The van der Waals surface area contributed by atoms with E-state index in [0.717, 1.165) is 5.56 Å². The van der Waals surface area contributed by atoms with Crippen LogP contribution in [0.3, 0.4) is 0 Å². The van der Waals surface area contributed by atoms with E-state index in [1.807, 2.05) is 0 Å². The monoisotopic (exact) mass is 696 g/mol. The molecule has 2 aromatic carbocycles. The first-order valence-electron chi connectivity index (χ1n) is 15.6. The second-order valence-corrected chi connectivity index (χ2v) is 13.8. The Bertz CT molecular complexity index is 2060. The van der Waals surface area contributed by atoms with Gasteiger partial charge in [0.25, 0.3) is 17.7 Å². The fraction of sp³-hybridized carbons (Fsp3) is 0.286. The second kappa shape index (κ2) is 11.7. The van der Waals surface area contributed by atoms with Crippen molar-refractivity contribution in [1.82, 2.24) is 30.5 Å². The summed E-state index contributed by atoms with van der Waals surface area (Å²) in [6, 6.07) is 17.1.